The largest absolute Gasteiger partial charge is 0.461 e. The summed E-state index contributed by atoms with van der Waals surface area (Å²) in [5.41, 5.74) is 1.32. The van der Waals surface area contributed by atoms with Gasteiger partial charge in [-0.2, -0.15) is 0 Å². The first-order chi connectivity index (χ1) is 18.0. The lowest BCUT2D eigenvalue weighted by Gasteiger charge is -2.43. The normalized spacial score (nSPS) is 27.7. The summed E-state index contributed by atoms with van der Waals surface area (Å²) in [7, 11) is -2.00. The molecular weight excluding hydrogens is 523 g/mol. The van der Waals surface area contributed by atoms with Crippen LogP contribution in [-0.4, -0.2) is 53.9 Å². The van der Waals surface area contributed by atoms with Crippen molar-refractivity contribution in [1.82, 2.24) is 5.32 Å². The van der Waals surface area contributed by atoms with Gasteiger partial charge in [0.25, 0.3) is 0 Å². The second-order valence-corrected chi connectivity index (χ2v) is 22.9. The van der Waals surface area contributed by atoms with E-state index in [1.807, 2.05) is 13.8 Å². The van der Waals surface area contributed by atoms with E-state index in [1.54, 1.807) is 7.05 Å². The van der Waals surface area contributed by atoms with Crippen molar-refractivity contribution in [2.75, 3.05) is 7.05 Å². The Kier molecular flexibility index (Phi) is 12.7. The molecule has 0 aliphatic heterocycles. The lowest BCUT2D eigenvalue weighted by Crippen LogP contribution is -2.43. The van der Waals surface area contributed by atoms with Crippen LogP contribution < -0.4 is 5.32 Å². The molecule has 0 aromatic carbocycles. The Labute approximate surface area is 241 Å². The summed E-state index contributed by atoms with van der Waals surface area (Å²) in [4.78, 5) is 25.2. The maximum Gasteiger partial charge on any atom is 0.308 e. The SMILES string of the molecule is CC[C@H](C)C(=O)OC1CC(C)C=C2C=C[C@H](C)[C@H](CCC(C[C@H](CC(=O)NC)O[Si](C)(C)C)O[Si](C)(C)C)[C@H]21. The van der Waals surface area contributed by atoms with Crippen LogP contribution in [0.2, 0.25) is 39.3 Å². The number of allylic oxidation sites excluding steroid dienone is 3. The van der Waals surface area contributed by atoms with Gasteiger partial charge in [0.15, 0.2) is 16.6 Å². The molecular formula is C31H57NO5Si2. The molecule has 1 amide bonds. The lowest BCUT2D eigenvalue weighted by molar-refractivity contribution is -0.158. The quantitative estimate of drug-likeness (QED) is 0.176. The molecule has 0 saturated heterocycles. The van der Waals surface area contributed by atoms with E-state index in [1.165, 1.54) is 5.57 Å². The van der Waals surface area contributed by atoms with Crippen molar-refractivity contribution >= 4 is 28.5 Å². The van der Waals surface area contributed by atoms with Crippen molar-refractivity contribution in [1.29, 1.82) is 0 Å². The van der Waals surface area contributed by atoms with Crippen molar-refractivity contribution in [3.63, 3.8) is 0 Å². The Morgan fingerprint density at radius 2 is 1.67 bits per heavy atom. The molecule has 3 unspecified atom stereocenters. The molecule has 2 aliphatic carbocycles. The maximum atomic E-state index is 12.9. The minimum atomic E-state index is -1.85. The number of fused-ring (bicyclic) bond motifs is 1. The summed E-state index contributed by atoms with van der Waals surface area (Å²) in [5.74, 6) is 1.20. The van der Waals surface area contributed by atoms with Gasteiger partial charge in [0, 0.05) is 19.1 Å². The van der Waals surface area contributed by atoms with Crippen LogP contribution in [-0.2, 0) is 23.2 Å². The van der Waals surface area contributed by atoms with Gasteiger partial charge in [0.2, 0.25) is 5.91 Å². The number of esters is 1. The van der Waals surface area contributed by atoms with E-state index in [9.17, 15) is 9.59 Å². The first-order valence-corrected chi connectivity index (χ1v) is 22.0. The minimum Gasteiger partial charge on any atom is -0.461 e. The Morgan fingerprint density at radius 3 is 2.23 bits per heavy atom. The topological polar surface area (TPSA) is 73.9 Å². The standard InChI is InChI=1S/C31H57NO5Si2/c1-12-22(3)31(34)35-28-18-21(2)17-24-14-13-23(4)27(30(24)28)16-15-25(36-38(6,7)8)19-26(20-29(33)32-5)37-39(9,10)11/h13-14,17,21-23,25-28,30H,12,15-16,18-20H2,1-11H3,(H,32,33)/t21?,22-,23-,25?,26+,27-,28?,30-/m0/s1. The van der Waals surface area contributed by atoms with Crippen molar-refractivity contribution in [3.8, 4) is 0 Å². The predicted octanol–water partition coefficient (Wildman–Crippen LogP) is 7.10. The molecule has 0 bridgehead atoms. The number of nitrogens with one attached hydrogen (secondary N) is 1. The summed E-state index contributed by atoms with van der Waals surface area (Å²) < 4.78 is 19.5. The highest BCUT2D eigenvalue weighted by Crippen LogP contribution is 2.45. The van der Waals surface area contributed by atoms with Crippen LogP contribution in [0.15, 0.2) is 23.8 Å². The number of carbonyl (C=O) groups is 2. The van der Waals surface area contributed by atoms with Gasteiger partial charge < -0.3 is 18.9 Å². The first kappa shape index (κ1) is 34.0. The minimum absolute atomic E-state index is 0.00751. The molecule has 6 nitrogen and oxygen atoms in total. The lowest BCUT2D eigenvalue weighted by atomic mass is 9.65. The van der Waals surface area contributed by atoms with E-state index in [4.69, 9.17) is 13.6 Å². The Bertz CT molecular complexity index is 875. The average molecular weight is 580 g/mol. The van der Waals surface area contributed by atoms with Crippen LogP contribution >= 0.6 is 0 Å². The van der Waals surface area contributed by atoms with Crippen molar-refractivity contribution in [2.24, 2.45) is 29.6 Å². The molecule has 0 saturated carbocycles. The third-order valence-corrected chi connectivity index (χ3v) is 10.0. The summed E-state index contributed by atoms with van der Waals surface area (Å²) in [5, 5.41) is 2.77. The molecule has 2 rings (SSSR count). The van der Waals surface area contributed by atoms with Crippen LogP contribution in [0.3, 0.4) is 0 Å². The Balaban J connectivity index is 2.28. The zero-order valence-corrected chi connectivity index (χ0v) is 28.6. The van der Waals surface area contributed by atoms with E-state index < -0.39 is 16.6 Å². The molecule has 0 spiro atoms. The van der Waals surface area contributed by atoms with Crippen LogP contribution in [0, 0.1) is 29.6 Å². The monoisotopic (exact) mass is 579 g/mol. The molecule has 0 aromatic heterocycles. The summed E-state index contributed by atoms with van der Waals surface area (Å²) in [6.45, 7) is 21.7. The van der Waals surface area contributed by atoms with E-state index in [0.717, 1.165) is 32.1 Å². The van der Waals surface area contributed by atoms with E-state index in [2.05, 4.69) is 76.7 Å². The molecule has 0 radical (unpaired) electrons. The molecule has 0 aromatic rings. The average Bonchev–Trinajstić information content (AvgIpc) is 2.80. The molecule has 1 N–H and O–H groups in total. The molecule has 8 heteroatoms. The van der Waals surface area contributed by atoms with E-state index in [-0.39, 0.29) is 42.0 Å². The zero-order chi connectivity index (χ0) is 29.5. The Morgan fingerprint density at radius 1 is 1.05 bits per heavy atom. The van der Waals surface area contributed by atoms with E-state index >= 15 is 0 Å². The third-order valence-electron chi connectivity index (χ3n) is 7.96. The molecule has 8 atom stereocenters. The second kappa shape index (κ2) is 14.6. The van der Waals surface area contributed by atoms with Crippen LogP contribution in [0.5, 0.6) is 0 Å². The van der Waals surface area contributed by atoms with Crippen LogP contribution in [0.1, 0.15) is 66.2 Å². The van der Waals surface area contributed by atoms with Gasteiger partial charge in [-0.15, -0.1) is 0 Å². The number of hydrogen-bond donors (Lipinski definition) is 1. The fourth-order valence-corrected chi connectivity index (χ4v) is 8.43. The van der Waals surface area contributed by atoms with Gasteiger partial charge in [-0.1, -0.05) is 45.9 Å². The van der Waals surface area contributed by atoms with Gasteiger partial charge in [-0.05, 0) is 94.7 Å². The third kappa shape index (κ3) is 11.3. The van der Waals surface area contributed by atoms with Crippen molar-refractivity contribution in [3.05, 3.63) is 23.8 Å². The van der Waals surface area contributed by atoms with Gasteiger partial charge in [0.1, 0.15) is 6.10 Å². The number of amides is 1. The van der Waals surface area contributed by atoms with Gasteiger partial charge in [-0.3, -0.25) is 9.59 Å². The number of hydrogen-bond acceptors (Lipinski definition) is 5. The molecule has 2 aliphatic rings. The highest BCUT2D eigenvalue weighted by atomic mass is 28.4. The molecule has 0 fully saturated rings. The van der Waals surface area contributed by atoms with Gasteiger partial charge in [0.05, 0.1) is 18.4 Å². The molecule has 39 heavy (non-hydrogen) atoms. The van der Waals surface area contributed by atoms with E-state index in [0.29, 0.717) is 24.2 Å². The molecule has 224 valence electrons. The highest BCUT2D eigenvalue weighted by Gasteiger charge is 2.42. The smallest absolute Gasteiger partial charge is 0.308 e. The highest BCUT2D eigenvalue weighted by molar-refractivity contribution is 6.70. The summed E-state index contributed by atoms with van der Waals surface area (Å²) >= 11 is 0. The first-order valence-electron chi connectivity index (χ1n) is 15.2. The molecule has 0 heterocycles. The van der Waals surface area contributed by atoms with Gasteiger partial charge >= 0.3 is 5.97 Å². The maximum absolute atomic E-state index is 12.9. The number of rotatable bonds is 14. The fourth-order valence-electron chi connectivity index (χ4n) is 6.03. The summed E-state index contributed by atoms with van der Waals surface area (Å²) in [6.07, 6.45) is 11.4. The number of ether oxygens (including phenoxy) is 1. The summed E-state index contributed by atoms with van der Waals surface area (Å²) in [6, 6.07) is 0. The predicted molar refractivity (Wildman–Crippen MR) is 165 cm³/mol. The Hall–Kier alpha value is -1.23. The fraction of sp³-hybridized carbons (Fsp3) is 0.806. The second-order valence-electron chi connectivity index (χ2n) is 14.0. The van der Waals surface area contributed by atoms with Crippen LogP contribution in [0.25, 0.3) is 0 Å². The van der Waals surface area contributed by atoms with Crippen molar-refractivity contribution in [2.45, 2.75) is 124 Å². The zero-order valence-electron chi connectivity index (χ0n) is 26.6. The van der Waals surface area contributed by atoms with Gasteiger partial charge in [-0.25, -0.2) is 0 Å². The van der Waals surface area contributed by atoms with Crippen molar-refractivity contribution < 1.29 is 23.2 Å². The number of carbonyl (C=O) groups excluding carboxylic acids is 2. The van der Waals surface area contributed by atoms with Crippen LogP contribution in [0.4, 0.5) is 0 Å².